The smallest absolute Gasteiger partial charge is 0.263 e. The van der Waals surface area contributed by atoms with Gasteiger partial charge in [0, 0.05) is 7.05 Å². The van der Waals surface area contributed by atoms with Crippen LogP contribution in [0.3, 0.4) is 0 Å². The third-order valence-corrected chi connectivity index (χ3v) is 2.58. The summed E-state index contributed by atoms with van der Waals surface area (Å²) < 4.78 is 12.7. The van der Waals surface area contributed by atoms with Gasteiger partial charge in [-0.25, -0.2) is 9.45 Å². The van der Waals surface area contributed by atoms with E-state index in [9.17, 15) is 9.18 Å². The number of hydrogen-bond donors (Lipinski definition) is 1. The fourth-order valence-corrected chi connectivity index (χ4v) is 1.48. The van der Waals surface area contributed by atoms with Crippen molar-refractivity contribution in [3.63, 3.8) is 0 Å². The van der Waals surface area contributed by atoms with E-state index in [0.717, 1.165) is 5.56 Å². The minimum Gasteiger partial charge on any atom is -0.309 e. The van der Waals surface area contributed by atoms with Crippen molar-refractivity contribution in [2.45, 2.75) is 12.5 Å². The molecule has 1 atom stereocenters. The lowest BCUT2D eigenvalue weighted by Gasteiger charge is -2.21. The van der Waals surface area contributed by atoms with E-state index in [2.05, 4.69) is 5.32 Å². The lowest BCUT2D eigenvalue weighted by molar-refractivity contribution is -0.170. The zero-order valence-electron chi connectivity index (χ0n) is 10.2. The number of carbonyl (C=O) groups excluding carboxylic acids is 1. The van der Waals surface area contributed by atoms with Crippen molar-refractivity contribution < 1.29 is 14.0 Å². The maximum Gasteiger partial charge on any atom is 0.263 e. The van der Waals surface area contributed by atoms with Crippen molar-refractivity contribution >= 4 is 5.91 Å². The molecule has 1 aromatic carbocycles. The average molecular weight is 240 g/mol. The number of halogens is 1. The number of nitrogens with zero attached hydrogens (tertiary/aromatic N) is 1. The SMILES string of the molecule is CN[C@@H](Cc1ccc(F)cc1)C(=O)N(C)OC. The Bertz CT molecular complexity index is 367. The Morgan fingerprint density at radius 2 is 2.06 bits per heavy atom. The molecule has 0 aliphatic carbocycles. The number of amides is 1. The van der Waals surface area contributed by atoms with Gasteiger partial charge < -0.3 is 5.32 Å². The molecule has 0 aliphatic rings. The summed E-state index contributed by atoms with van der Waals surface area (Å²) in [6, 6.07) is 5.71. The molecule has 0 spiro atoms. The highest BCUT2D eigenvalue weighted by atomic mass is 19.1. The number of carbonyl (C=O) groups is 1. The second-order valence-electron chi connectivity index (χ2n) is 3.69. The summed E-state index contributed by atoms with van der Waals surface area (Å²) in [5, 5.41) is 4.09. The summed E-state index contributed by atoms with van der Waals surface area (Å²) in [6.45, 7) is 0. The number of nitrogens with one attached hydrogen (secondary N) is 1. The molecule has 94 valence electrons. The van der Waals surface area contributed by atoms with Gasteiger partial charge in [0.1, 0.15) is 5.82 Å². The van der Waals surface area contributed by atoms with Crippen LogP contribution in [0.1, 0.15) is 5.56 Å². The van der Waals surface area contributed by atoms with Crippen LogP contribution in [0.15, 0.2) is 24.3 Å². The first kappa shape index (κ1) is 13.6. The molecule has 5 heteroatoms. The van der Waals surface area contributed by atoms with E-state index in [4.69, 9.17) is 4.84 Å². The Morgan fingerprint density at radius 1 is 1.47 bits per heavy atom. The Hall–Kier alpha value is -1.46. The molecule has 1 rings (SSSR count). The second-order valence-corrected chi connectivity index (χ2v) is 3.69. The molecule has 0 aliphatic heterocycles. The minimum atomic E-state index is -0.384. The van der Waals surface area contributed by atoms with Crippen molar-refractivity contribution in [3.8, 4) is 0 Å². The van der Waals surface area contributed by atoms with E-state index in [0.29, 0.717) is 6.42 Å². The number of benzene rings is 1. The molecule has 1 N–H and O–H groups in total. The molecule has 1 aromatic rings. The van der Waals surface area contributed by atoms with E-state index in [1.165, 1.54) is 24.3 Å². The molecule has 0 fully saturated rings. The van der Waals surface area contributed by atoms with Gasteiger partial charge in [-0.1, -0.05) is 12.1 Å². The number of rotatable bonds is 5. The van der Waals surface area contributed by atoms with Crippen LogP contribution in [0.4, 0.5) is 4.39 Å². The first-order valence-corrected chi connectivity index (χ1v) is 5.32. The first-order valence-electron chi connectivity index (χ1n) is 5.32. The summed E-state index contributed by atoms with van der Waals surface area (Å²) in [6.07, 6.45) is 0.489. The zero-order valence-corrected chi connectivity index (χ0v) is 10.2. The Kier molecular flexibility index (Phi) is 5.06. The van der Waals surface area contributed by atoms with Crippen molar-refractivity contribution in [2.75, 3.05) is 21.2 Å². The molecule has 0 aromatic heterocycles. The highest BCUT2D eigenvalue weighted by Gasteiger charge is 2.20. The highest BCUT2D eigenvalue weighted by Crippen LogP contribution is 2.07. The Morgan fingerprint density at radius 3 is 2.53 bits per heavy atom. The van der Waals surface area contributed by atoms with Crippen LogP contribution < -0.4 is 5.32 Å². The van der Waals surface area contributed by atoms with E-state index in [-0.39, 0.29) is 17.8 Å². The van der Waals surface area contributed by atoms with Gasteiger partial charge >= 0.3 is 0 Å². The van der Waals surface area contributed by atoms with E-state index in [1.54, 1.807) is 26.2 Å². The van der Waals surface area contributed by atoms with Crippen LogP contribution in [0, 0.1) is 5.82 Å². The van der Waals surface area contributed by atoms with Gasteiger partial charge in [-0.3, -0.25) is 9.63 Å². The van der Waals surface area contributed by atoms with Crippen LogP contribution in [-0.4, -0.2) is 38.2 Å². The summed E-state index contributed by atoms with van der Waals surface area (Å²) in [7, 11) is 4.69. The van der Waals surface area contributed by atoms with E-state index >= 15 is 0 Å². The Balaban J connectivity index is 2.69. The number of hydrogen-bond acceptors (Lipinski definition) is 3. The fraction of sp³-hybridized carbons (Fsp3) is 0.417. The molecule has 0 heterocycles. The van der Waals surface area contributed by atoms with Gasteiger partial charge in [-0.2, -0.15) is 0 Å². The monoisotopic (exact) mass is 240 g/mol. The second kappa shape index (κ2) is 6.32. The van der Waals surface area contributed by atoms with Gasteiger partial charge in [0.25, 0.3) is 5.91 Å². The number of likely N-dealkylation sites (N-methyl/N-ethyl adjacent to an activating group) is 2. The predicted molar refractivity (Wildman–Crippen MR) is 62.7 cm³/mol. The minimum absolute atomic E-state index is 0.167. The quantitative estimate of drug-likeness (QED) is 0.780. The van der Waals surface area contributed by atoms with E-state index in [1.807, 2.05) is 0 Å². The van der Waals surface area contributed by atoms with Crippen LogP contribution >= 0.6 is 0 Å². The van der Waals surface area contributed by atoms with Gasteiger partial charge in [-0.05, 0) is 31.2 Å². The van der Waals surface area contributed by atoms with Crippen molar-refractivity contribution in [2.24, 2.45) is 0 Å². The summed E-state index contributed by atoms with van der Waals surface area (Å²) >= 11 is 0. The molecule has 0 saturated heterocycles. The van der Waals surface area contributed by atoms with Crippen molar-refractivity contribution in [1.29, 1.82) is 0 Å². The van der Waals surface area contributed by atoms with Crippen molar-refractivity contribution in [3.05, 3.63) is 35.6 Å². The lowest BCUT2D eigenvalue weighted by Crippen LogP contribution is -2.44. The van der Waals surface area contributed by atoms with Gasteiger partial charge in [-0.15, -0.1) is 0 Å². The summed E-state index contributed by atoms with van der Waals surface area (Å²) in [5.41, 5.74) is 0.892. The molecule has 1 amide bonds. The molecule has 4 nitrogen and oxygen atoms in total. The third kappa shape index (κ3) is 3.80. The fourth-order valence-electron chi connectivity index (χ4n) is 1.48. The lowest BCUT2D eigenvalue weighted by atomic mass is 10.1. The first-order chi connectivity index (χ1) is 8.08. The van der Waals surface area contributed by atoms with Gasteiger partial charge in [0.05, 0.1) is 13.2 Å². The van der Waals surface area contributed by atoms with Crippen LogP contribution in [0.2, 0.25) is 0 Å². The van der Waals surface area contributed by atoms with Crippen molar-refractivity contribution in [1.82, 2.24) is 10.4 Å². The molecule has 0 bridgehead atoms. The molecular weight excluding hydrogens is 223 g/mol. The largest absolute Gasteiger partial charge is 0.309 e. The standard InChI is InChI=1S/C12H17FN2O2/c1-14-11(12(16)15(2)17-3)8-9-4-6-10(13)7-5-9/h4-7,11,14H,8H2,1-3H3/t11-/m0/s1. The Labute approximate surface area is 100 Å². The highest BCUT2D eigenvalue weighted by molar-refractivity contribution is 5.81. The number of hydroxylamine groups is 2. The normalized spacial score (nSPS) is 12.2. The molecular formula is C12H17FN2O2. The van der Waals surface area contributed by atoms with Gasteiger partial charge in [0.2, 0.25) is 0 Å². The summed E-state index contributed by atoms with van der Waals surface area (Å²) in [4.78, 5) is 16.7. The topological polar surface area (TPSA) is 41.6 Å². The summed E-state index contributed by atoms with van der Waals surface area (Å²) in [5.74, 6) is -0.450. The molecule has 0 radical (unpaired) electrons. The molecule has 17 heavy (non-hydrogen) atoms. The molecule has 0 unspecified atom stereocenters. The van der Waals surface area contributed by atoms with E-state index < -0.39 is 0 Å². The maximum absolute atomic E-state index is 12.7. The van der Waals surface area contributed by atoms with Gasteiger partial charge in [0.15, 0.2) is 0 Å². The zero-order chi connectivity index (χ0) is 12.8. The predicted octanol–water partition coefficient (Wildman–Crippen LogP) is 0.976. The maximum atomic E-state index is 12.7. The third-order valence-electron chi connectivity index (χ3n) is 2.58. The average Bonchev–Trinajstić information content (AvgIpc) is 2.36. The van der Waals surface area contributed by atoms with Crippen LogP contribution in [-0.2, 0) is 16.1 Å². The molecule has 0 saturated carbocycles. The van der Waals surface area contributed by atoms with Crippen LogP contribution in [0.5, 0.6) is 0 Å². The van der Waals surface area contributed by atoms with Crippen LogP contribution in [0.25, 0.3) is 0 Å².